The van der Waals surface area contributed by atoms with E-state index in [4.69, 9.17) is 11.6 Å². The lowest BCUT2D eigenvalue weighted by atomic mass is 10.1. The van der Waals surface area contributed by atoms with Crippen LogP contribution in [0.3, 0.4) is 0 Å². The van der Waals surface area contributed by atoms with Gasteiger partial charge in [0.1, 0.15) is 0 Å². The van der Waals surface area contributed by atoms with Crippen molar-refractivity contribution in [3.8, 4) is 0 Å². The number of hydrogen-bond acceptors (Lipinski definition) is 2. The molecule has 0 fully saturated rings. The standard InChI is InChI=1S/C15H17ClN2/c1-12-4-5-14(15(16)9-12)11-18-8-6-13-3-2-7-17-10-13/h2-5,7,9-10,18H,6,8,11H2,1H3. The van der Waals surface area contributed by atoms with E-state index in [1.54, 1.807) is 6.20 Å². The maximum absolute atomic E-state index is 6.18. The second kappa shape index (κ2) is 6.53. The minimum absolute atomic E-state index is 0.805. The molecule has 94 valence electrons. The molecule has 0 aliphatic carbocycles. The number of halogens is 1. The summed E-state index contributed by atoms with van der Waals surface area (Å²) in [6.07, 6.45) is 4.68. The summed E-state index contributed by atoms with van der Waals surface area (Å²) in [6.45, 7) is 3.78. The van der Waals surface area contributed by atoms with Crippen LogP contribution in [-0.4, -0.2) is 11.5 Å². The molecule has 0 saturated carbocycles. The fraction of sp³-hybridized carbons (Fsp3) is 0.267. The molecule has 3 heteroatoms. The number of benzene rings is 1. The third-order valence-corrected chi connectivity index (χ3v) is 3.19. The first-order valence-electron chi connectivity index (χ1n) is 6.10. The quantitative estimate of drug-likeness (QED) is 0.834. The summed E-state index contributed by atoms with van der Waals surface area (Å²) < 4.78 is 0. The van der Waals surface area contributed by atoms with Crippen molar-refractivity contribution in [2.45, 2.75) is 19.9 Å². The highest BCUT2D eigenvalue weighted by Gasteiger charge is 2.00. The van der Waals surface area contributed by atoms with E-state index in [1.807, 2.05) is 25.3 Å². The average Bonchev–Trinajstić information content (AvgIpc) is 2.38. The Labute approximate surface area is 113 Å². The van der Waals surface area contributed by atoms with E-state index >= 15 is 0 Å². The Hall–Kier alpha value is -1.38. The van der Waals surface area contributed by atoms with E-state index in [9.17, 15) is 0 Å². The molecular weight excluding hydrogens is 244 g/mol. The summed E-state index contributed by atoms with van der Waals surface area (Å²) in [5.74, 6) is 0. The molecule has 1 N–H and O–H groups in total. The van der Waals surface area contributed by atoms with Gasteiger partial charge < -0.3 is 5.32 Å². The molecule has 1 aromatic carbocycles. The van der Waals surface area contributed by atoms with Gasteiger partial charge in [0.25, 0.3) is 0 Å². The van der Waals surface area contributed by atoms with Crippen molar-refractivity contribution in [2.24, 2.45) is 0 Å². The van der Waals surface area contributed by atoms with Crippen LogP contribution in [0.15, 0.2) is 42.7 Å². The van der Waals surface area contributed by atoms with Crippen LogP contribution in [0.5, 0.6) is 0 Å². The van der Waals surface area contributed by atoms with Gasteiger partial charge in [0.15, 0.2) is 0 Å². The Morgan fingerprint density at radius 1 is 1.28 bits per heavy atom. The summed E-state index contributed by atoms with van der Waals surface area (Å²) in [5.41, 5.74) is 3.59. The van der Waals surface area contributed by atoms with Crippen LogP contribution in [0.1, 0.15) is 16.7 Å². The van der Waals surface area contributed by atoms with Crippen molar-refractivity contribution in [1.82, 2.24) is 10.3 Å². The number of nitrogens with one attached hydrogen (secondary N) is 1. The SMILES string of the molecule is Cc1ccc(CNCCc2cccnc2)c(Cl)c1. The first-order chi connectivity index (χ1) is 8.75. The molecule has 0 unspecified atom stereocenters. The molecular formula is C15H17ClN2. The molecule has 0 amide bonds. The smallest absolute Gasteiger partial charge is 0.0453 e. The Morgan fingerprint density at radius 3 is 2.89 bits per heavy atom. The van der Waals surface area contributed by atoms with E-state index < -0.39 is 0 Å². The lowest BCUT2D eigenvalue weighted by Gasteiger charge is -2.07. The van der Waals surface area contributed by atoms with Gasteiger partial charge in [-0.15, -0.1) is 0 Å². The van der Waals surface area contributed by atoms with Crippen LogP contribution in [-0.2, 0) is 13.0 Å². The van der Waals surface area contributed by atoms with Gasteiger partial charge in [-0.2, -0.15) is 0 Å². The predicted octanol–water partition coefficient (Wildman–Crippen LogP) is 3.38. The first-order valence-corrected chi connectivity index (χ1v) is 6.48. The van der Waals surface area contributed by atoms with Crippen LogP contribution in [0.25, 0.3) is 0 Å². The molecule has 0 saturated heterocycles. The fourth-order valence-corrected chi connectivity index (χ4v) is 2.10. The number of hydrogen-bond donors (Lipinski definition) is 1. The Bertz CT molecular complexity index is 497. The number of nitrogens with zero attached hydrogens (tertiary/aromatic N) is 1. The monoisotopic (exact) mass is 260 g/mol. The maximum atomic E-state index is 6.18. The molecule has 0 atom stereocenters. The normalized spacial score (nSPS) is 10.6. The molecule has 2 aromatic rings. The molecule has 0 radical (unpaired) electrons. The van der Waals surface area contributed by atoms with Crippen molar-refractivity contribution in [3.63, 3.8) is 0 Å². The first kappa shape index (κ1) is 13.1. The highest BCUT2D eigenvalue weighted by atomic mass is 35.5. The van der Waals surface area contributed by atoms with Crippen molar-refractivity contribution < 1.29 is 0 Å². The molecule has 0 spiro atoms. The molecule has 2 rings (SSSR count). The second-order valence-electron chi connectivity index (χ2n) is 4.38. The summed E-state index contributed by atoms with van der Waals surface area (Å²) in [5, 5.41) is 4.24. The Balaban J connectivity index is 1.79. The predicted molar refractivity (Wildman–Crippen MR) is 75.8 cm³/mol. The van der Waals surface area contributed by atoms with Crippen LogP contribution in [0, 0.1) is 6.92 Å². The molecule has 2 nitrogen and oxygen atoms in total. The summed E-state index contributed by atoms with van der Waals surface area (Å²) >= 11 is 6.18. The Morgan fingerprint density at radius 2 is 2.17 bits per heavy atom. The number of pyridine rings is 1. The number of aromatic nitrogens is 1. The molecule has 1 aromatic heterocycles. The van der Waals surface area contributed by atoms with Crippen molar-refractivity contribution in [3.05, 3.63) is 64.4 Å². The zero-order valence-electron chi connectivity index (χ0n) is 10.5. The van der Waals surface area contributed by atoms with Gasteiger partial charge in [-0.25, -0.2) is 0 Å². The zero-order valence-corrected chi connectivity index (χ0v) is 11.2. The van der Waals surface area contributed by atoms with E-state index in [0.29, 0.717) is 0 Å². The Kier molecular flexibility index (Phi) is 4.73. The van der Waals surface area contributed by atoms with Gasteiger partial charge in [-0.1, -0.05) is 29.8 Å². The maximum Gasteiger partial charge on any atom is 0.0453 e. The molecule has 0 aliphatic rings. The van der Waals surface area contributed by atoms with Crippen molar-refractivity contribution in [2.75, 3.05) is 6.54 Å². The van der Waals surface area contributed by atoms with E-state index in [1.165, 1.54) is 11.1 Å². The molecule has 0 bridgehead atoms. The van der Waals surface area contributed by atoms with Crippen LogP contribution < -0.4 is 5.32 Å². The van der Waals surface area contributed by atoms with Gasteiger partial charge in [-0.3, -0.25) is 4.98 Å². The molecule has 18 heavy (non-hydrogen) atoms. The lowest BCUT2D eigenvalue weighted by molar-refractivity contribution is 0.686. The third-order valence-electron chi connectivity index (χ3n) is 2.84. The average molecular weight is 261 g/mol. The van der Waals surface area contributed by atoms with Gasteiger partial charge in [0.2, 0.25) is 0 Å². The topological polar surface area (TPSA) is 24.9 Å². The molecule has 1 heterocycles. The van der Waals surface area contributed by atoms with Crippen molar-refractivity contribution >= 4 is 11.6 Å². The summed E-state index contributed by atoms with van der Waals surface area (Å²) in [7, 11) is 0. The second-order valence-corrected chi connectivity index (χ2v) is 4.79. The number of aryl methyl sites for hydroxylation is 1. The molecule has 0 aliphatic heterocycles. The van der Waals surface area contributed by atoms with Crippen LogP contribution >= 0.6 is 11.6 Å². The van der Waals surface area contributed by atoms with Crippen molar-refractivity contribution in [1.29, 1.82) is 0 Å². The fourth-order valence-electron chi connectivity index (χ4n) is 1.80. The minimum atomic E-state index is 0.805. The van der Waals surface area contributed by atoms with Crippen LogP contribution in [0.2, 0.25) is 5.02 Å². The van der Waals surface area contributed by atoms with Gasteiger partial charge in [0.05, 0.1) is 0 Å². The third kappa shape index (κ3) is 3.83. The summed E-state index contributed by atoms with van der Waals surface area (Å²) in [4.78, 5) is 4.10. The van der Waals surface area contributed by atoms with E-state index in [0.717, 1.165) is 30.1 Å². The van der Waals surface area contributed by atoms with Gasteiger partial charge in [-0.05, 0) is 48.7 Å². The summed E-state index contributed by atoms with van der Waals surface area (Å²) in [6, 6.07) is 10.2. The van der Waals surface area contributed by atoms with Gasteiger partial charge in [0, 0.05) is 24.0 Å². The van der Waals surface area contributed by atoms with E-state index in [-0.39, 0.29) is 0 Å². The lowest BCUT2D eigenvalue weighted by Crippen LogP contribution is -2.17. The zero-order chi connectivity index (χ0) is 12.8. The largest absolute Gasteiger partial charge is 0.312 e. The van der Waals surface area contributed by atoms with Crippen LogP contribution in [0.4, 0.5) is 0 Å². The van der Waals surface area contributed by atoms with Gasteiger partial charge >= 0.3 is 0 Å². The highest BCUT2D eigenvalue weighted by Crippen LogP contribution is 2.17. The van der Waals surface area contributed by atoms with E-state index in [2.05, 4.69) is 28.5 Å². The highest BCUT2D eigenvalue weighted by molar-refractivity contribution is 6.31. The minimum Gasteiger partial charge on any atom is -0.312 e. The number of rotatable bonds is 5.